The molecule has 0 aromatic heterocycles. The van der Waals surface area contributed by atoms with Crippen molar-refractivity contribution in [3.63, 3.8) is 0 Å². The van der Waals surface area contributed by atoms with Crippen LogP contribution in [0, 0.1) is 0 Å². The highest BCUT2D eigenvalue weighted by Crippen LogP contribution is 2.55. The first kappa shape index (κ1) is 17.3. The SMILES string of the molecule is O=P(c1ccccc1)(c1ccccc1)C1CCC(c2ccccc2)CC1. The molecule has 0 aliphatic heterocycles. The summed E-state index contributed by atoms with van der Waals surface area (Å²) >= 11 is 0. The van der Waals surface area contributed by atoms with E-state index in [1.165, 1.54) is 5.56 Å². The van der Waals surface area contributed by atoms with Gasteiger partial charge in [-0.15, -0.1) is 0 Å². The quantitative estimate of drug-likeness (QED) is 0.543. The predicted octanol–water partition coefficient (Wildman–Crippen LogP) is 5.73. The van der Waals surface area contributed by atoms with Crippen LogP contribution < -0.4 is 10.6 Å². The van der Waals surface area contributed by atoms with Crippen molar-refractivity contribution in [1.82, 2.24) is 0 Å². The summed E-state index contributed by atoms with van der Waals surface area (Å²) < 4.78 is 14.4. The van der Waals surface area contributed by atoms with E-state index in [-0.39, 0.29) is 5.66 Å². The van der Waals surface area contributed by atoms with E-state index in [2.05, 4.69) is 54.6 Å². The lowest BCUT2D eigenvalue weighted by Crippen LogP contribution is -2.29. The Morgan fingerprint density at radius 1 is 0.577 bits per heavy atom. The van der Waals surface area contributed by atoms with Crippen molar-refractivity contribution in [2.75, 3.05) is 0 Å². The molecule has 0 spiro atoms. The first-order valence-corrected chi connectivity index (χ1v) is 11.3. The second-order valence-electron chi connectivity index (χ2n) is 7.25. The van der Waals surface area contributed by atoms with E-state index in [4.69, 9.17) is 0 Å². The van der Waals surface area contributed by atoms with E-state index in [0.29, 0.717) is 5.92 Å². The molecule has 1 nitrogen and oxygen atoms in total. The third-order valence-corrected chi connectivity index (χ3v) is 9.44. The molecule has 3 aromatic rings. The van der Waals surface area contributed by atoms with Crippen LogP contribution in [-0.2, 0) is 4.57 Å². The standard InChI is InChI=1S/C24H25OP/c25-26(22-12-6-2-7-13-22,23-14-8-3-9-15-23)24-18-16-21(17-19-24)20-10-4-1-5-11-20/h1-15,21,24H,16-19H2. The van der Waals surface area contributed by atoms with Crippen LogP contribution in [0.15, 0.2) is 91.0 Å². The topological polar surface area (TPSA) is 17.1 Å². The van der Waals surface area contributed by atoms with E-state index in [0.717, 1.165) is 36.3 Å². The van der Waals surface area contributed by atoms with Gasteiger partial charge in [0.1, 0.15) is 7.14 Å². The number of benzene rings is 3. The van der Waals surface area contributed by atoms with Crippen LogP contribution in [0.3, 0.4) is 0 Å². The molecule has 1 saturated carbocycles. The van der Waals surface area contributed by atoms with Crippen LogP contribution in [0.4, 0.5) is 0 Å². The lowest BCUT2D eigenvalue weighted by atomic mass is 9.84. The van der Waals surface area contributed by atoms with E-state index in [1.807, 2.05) is 36.4 Å². The molecule has 0 atom stereocenters. The molecule has 0 unspecified atom stereocenters. The molecule has 132 valence electrons. The average molecular weight is 360 g/mol. The molecule has 26 heavy (non-hydrogen) atoms. The number of hydrogen-bond donors (Lipinski definition) is 0. The van der Waals surface area contributed by atoms with Crippen molar-refractivity contribution in [2.45, 2.75) is 37.3 Å². The second kappa shape index (κ2) is 7.64. The number of hydrogen-bond acceptors (Lipinski definition) is 1. The Bertz CT molecular complexity index is 822. The highest BCUT2D eigenvalue weighted by Gasteiger charge is 2.38. The van der Waals surface area contributed by atoms with E-state index < -0.39 is 7.14 Å². The second-order valence-corrected chi connectivity index (χ2v) is 10.3. The molecule has 0 bridgehead atoms. The summed E-state index contributed by atoms with van der Waals surface area (Å²) in [4.78, 5) is 0. The molecule has 0 N–H and O–H groups in total. The van der Waals surface area contributed by atoms with Crippen molar-refractivity contribution in [3.05, 3.63) is 96.6 Å². The van der Waals surface area contributed by atoms with Crippen LogP contribution in [0.5, 0.6) is 0 Å². The largest absolute Gasteiger partial charge is 0.313 e. The lowest BCUT2D eigenvalue weighted by Gasteiger charge is -2.35. The number of rotatable bonds is 4. The molecule has 1 fully saturated rings. The zero-order chi connectivity index (χ0) is 17.8. The van der Waals surface area contributed by atoms with Crippen LogP contribution in [0.1, 0.15) is 37.2 Å². The van der Waals surface area contributed by atoms with Crippen LogP contribution in [0.25, 0.3) is 0 Å². The Kier molecular flexibility index (Phi) is 5.09. The van der Waals surface area contributed by atoms with Crippen molar-refractivity contribution >= 4 is 17.8 Å². The Morgan fingerprint density at radius 2 is 1.00 bits per heavy atom. The smallest absolute Gasteiger partial charge is 0.146 e. The van der Waals surface area contributed by atoms with Crippen LogP contribution in [-0.4, -0.2) is 5.66 Å². The highest BCUT2D eigenvalue weighted by molar-refractivity contribution is 7.79. The molecule has 1 aliphatic carbocycles. The normalized spacial score (nSPS) is 20.6. The molecular formula is C24H25OP. The van der Waals surface area contributed by atoms with Crippen molar-refractivity contribution in [2.24, 2.45) is 0 Å². The minimum absolute atomic E-state index is 0.243. The van der Waals surface area contributed by atoms with Gasteiger partial charge in [0.15, 0.2) is 0 Å². The molecule has 0 amide bonds. The third kappa shape index (κ3) is 3.29. The van der Waals surface area contributed by atoms with Crippen molar-refractivity contribution in [3.8, 4) is 0 Å². The Morgan fingerprint density at radius 3 is 1.46 bits per heavy atom. The molecule has 0 heterocycles. The summed E-state index contributed by atoms with van der Waals surface area (Å²) in [5.74, 6) is 0.604. The molecule has 4 rings (SSSR count). The maximum atomic E-state index is 14.4. The molecule has 3 aromatic carbocycles. The molecule has 0 radical (unpaired) electrons. The first-order chi connectivity index (χ1) is 12.8. The van der Waals surface area contributed by atoms with Gasteiger partial charge in [-0.05, 0) is 37.2 Å². The monoisotopic (exact) mass is 360 g/mol. The van der Waals surface area contributed by atoms with Gasteiger partial charge in [0.25, 0.3) is 0 Å². The van der Waals surface area contributed by atoms with Crippen molar-refractivity contribution in [1.29, 1.82) is 0 Å². The fraction of sp³-hybridized carbons (Fsp3) is 0.250. The van der Waals surface area contributed by atoms with Crippen molar-refractivity contribution < 1.29 is 4.57 Å². The fourth-order valence-corrected chi connectivity index (χ4v) is 7.76. The van der Waals surface area contributed by atoms with E-state index in [1.54, 1.807) is 0 Å². The highest BCUT2D eigenvalue weighted by atomic mass is 31.2. The van der Waals surface area contributed by atoms with Crippen LogP contribution in [0.2, 0.25) is 0 Å². The van der Waals surface area contributed by atoms with Gasteiger partial charge in [0.05, 0.1) is 0 Å². The van der Waals surface area contributed by atoms with Gasteiger partial charge in [0, 0.05) is 16.3 Å². The Hall–Kier alpha value is -2.11. The maximum absolute atomic E-state index is 14.4. The van der Waals surface area contributed by atoms with Gasteiger partial charge in [0.2, 0.25) is 0 Å². The first-order valence-electron chi connectivity index (χ1n) is 9.54. The van der Waals surface area contributed by atoms with Gasteiger partial charge < -0.3 is 4.57 Å². The lowest BCUT2D eigenvalue weighted by molar-refractivity contribution is 0.439. The Balaban J connectivity index is 1.64. The summed E-state index contributed by atoms with van der Waals surface area (Å²) in [6.07, 6.45) is 4.30. The third-order valence-electron chi connectivity index (χ3n) is 5.76. The van der Waals surface area contributed by atoms with E-state index >= 15 is 0 Å². The fourth-order valence-electron chi connectivity index (χ4n) is 4.37. The average Bonchev–Trinajstić information content (AvgIpc) is 2.75. The van der Waals surface area contributed by atoms with Gasteiger partial charge in [-0.3, -0.25) is 0 Å². The summed E-state index contributed by atoms with van der Waals surface area (Å²) in [6, 6.07) is 31.1. The summed E-state index contributed by atoms with van der Waals surface area (Å²) in [6.45, 7) is 0. The Labute approximate surface area is 156 Å². The van der Waals surface area contributed by atoms with E-state index in [9.17, 15) is 4.57 Å². The minimum atomic E-state index is -2.62. The van der Waals surface area contributed by atoms with Gasteiger partial charge in [-0.2, -0.15) is 0 Å². The summed E-state index contributed by atoms with van der Waals surface area (Å²) in [5, 5.41) is 2.02. The van der Waals surface area contributed by atoms with Gasteiger partial charge in [-0.25, -0.2) is 0 Å². The maximum Gasteiger partial charge on any atom is 0.146 e. The molecule has 2 heteroatoms. The molecule has 1 aliphatic rings. The van der Waals surface area contributed by atoms with Crippen LogP contribution >= 0.6 is 7.14 Å². The zero-order valence-electron chi connectivity index (χ0n) is 15.0. The minimum Gasteiger partial charge on any atom is -0.313 e. The van der Waals surface area contributed by atoms with Gasteiger partial charge >= 0.3 is 0 Å². The molecular weight excluding hydrogens is 335 g/mol. The van der Waals surface area contributed by atoms with Gasteiger partial charge in [-0.1, -0.05) is 91.0 Å². The predicted molar refractivity (Wildman–Crippen MR) is 111 cm³/mol. The zero-order valence-corrected chi connectivity index (χ0v) is 15.9. The summed E-state index contributed by atoms with van der Waals surface area (Å²) in [7, 11) is -2.62. The summed E-state index contributed by atoms with van der Waals surface area (Å²) in [5.41, 5.74) is 1.67. The molecule has 0 saturated heterocycles.